The third-order valence-electron chi connectivity index (χ3n) is 9.36. The molecule has 1 aromatic carbocycles. The van der Waals surface area contributed by atoms with Gasteiger partial charge < -0.3 is 26.2 Å². The van der Waals surface area contributed by atoms with Gasteiger partial charge in [-0.25, -0.2) is 0 Å². The van der Waals surface area contributed by atoms with E-state index in [-0.39, 0.29) is 29.7 Å². The molecule has 6 rings (SSSR count). The van der Waals surface area contributed by atoms with E-state index in [9.17, 15) is 34.8 Å². The molecule has 2 fully saturated rings. The molecule has 5 aliphatic rings. The quantitative estimate of drug-likeness (QED) is 0.308. The number of rotatable bonds is 7. The van der Waals surface area contributed by atoms with Gasteiger partial charge in [-0.3, -0.25) is 24.2 Å². The molecule has 0 aromatic heterocycles. The van der Waals surface area contributed by atoms with Crippen LogP contribution < -0.4 is 5.73 Å². The zero-order chi connectivity index (χ0) is 28.8. The molecule has 0 saturated heterocycles. The van der Waals surface area contributed by atoms with Crippen LogP contribution in [-0.2, 0) is 22.6 Å². The maximum Gasteiger partial charge on any atom is 0.255 e. The van der Waals surface area contributed by atoms with E-state index in [0.29, 0.717) is 29.1 Å². The standard InChI is InChI=1S/C29H34ClN3O7/c1-32(2)23-17-8-13-7-16-20(18(34)9-14(22(16)30)11-33(15-5-6-15)10-12-3-4-12)24(35)19(13)26(37)29(17,40)27(38)21(25(23)36)28(31)39/h9,12-13,15,17,23,34,36-37,40H,3-8,10-11H2,1-2H3,(H2,31,39)/t13-,17-,23-,29?/m0/s1. The number of carbonyl (C=O) groups is 3. The molecule has 5 aliphatic carbocycles. The summed E-state index contributed by atoms with van der Waals surface area (Å²) in [6, 6.07) is 0.964. The van der Waals surface area contributed by atoms with Crippen LogP contribution in [0.3, 0.4) is 0 Å². The summed E-state index contributed by atoms with van der Waals surface area (Å²) in [5, 5.41) is 45.4. The molecular formula is C29H34ClN3O7. The minimum atomic E-state index is -2.66. The number of nitrogens with two attached hydrogens (primary N) is 1. The fraction of sp³-hybridized carbons (Fsp3) is 0.552. The molecule has 10 nitrogen and oxygen atoms in total. The number of ketones is 2. The van der Waals surface area contributed by atoms with Crippen molar-refractivity contribution >= 4 is 29.1 Å². The van der Waals surface area contributed by atoms with E-state index in [1.807, 2.05) is 0 Å². The van der Waals surface area contributed by atoms with Gasteiger partial charge in [-0.15, -0.1) is 0 Å². The Hall–Kier alpha value is -2.92. The second kappa shape index (κ2) is 9.30. The maximum atomic E-state index is 13.8. The number of allylic oxidation sites excluding steroid dienone is 1. The number of likely N-dealkylation sites (N-methyl/N-ethyl adjacent to an activating group) is 1. The number of benzene rings is 1. The third-order valence-corrected chi connectivity index (χ3v) is 9.83. The first-order chi connectivity index (χ1) is 18.9. The Kier molecular flexibility index (Phi) is 6.34. The van der Waals surface area contributed by atoms with Gasteiger partial charge in [0.25, 0.3) is 5.91 Å². The highest BCUT2D eigenvalue weighted by Crippen LogP contribution is 2.53. The van der Waals surface area contributed by atoms with Crippen LogP contribution in [0.2, 0.25) is 5.02 Å². The molecular weight excluding hydrogens is 538 g/mol. The minimum absolute atomic E-state index is 0.0307. The number of Topliss-reactive ketones (excluding diaryl/α,β-unsaturated/α-hetero) is 2. The number of aliphatic hydroxyl groups is 3. The Morgan fingerprint density at radius 2 is 1.82 bits per heavy atom. The van der Waals surface area contributed by atoms with Gasteiger partial charge in [0, 0.05) is 35.6 Å². The molecule has 0 aliphatic heterocycles. The molecule has 1 aromatic rings. The van der Waals surface area contributed by atoms with Crippen molar-refractivity contribution in [3.8, 4) is 5.75 Å². The summed E-state index contributed by atoms with van der Waals surface area (Å²) in [4.78, 5) is 43.2. The molecule has 40 heavy (non-hydrogen) atoms. The number of primary amides is 1. The summed E-state index contributed by atoms with van der Waals surface area (Å²) in [6.45, 7) is 1.54. The smallest absolute Gasteiger partial charge is 0.255 e. The summed E-state index contributed by atoms with van der Waals surface area (Å²) in [7, 11) is 3.20. The van der Waals surface area contributed by atoms with Crippen molar-refractivity contribution in [2.45, 2.75) is 62.8 Å². The van der Waals surface area contributed by atoms with Crippen LogP contribution in [0.25, 0.3) is 0 Å². The molecule has 0 spiro atoms. The van der Waals surface area contributed by atoms with Crippen molar-refractivity contribution in [2.24, 2.45) is 23.5 Å². The van der Waals surface area contributed by atoms with Crippen molar-refractivity contribution in [2.75, 3.05) is 20.6 Å². The van der Waals surface area contributed by atoms with Crippen LogP contribution >= 0.6 is 11.6 Å². The number of aromatic hydroxyl groups is 1. The number of phenolic OH excluding ortho intramolecular Hbond substituents is 1. The number of hydrogen-bond acceptors (Lipinski definition) is 9. The summed E-state index contributed by atoms with van der Waals surface area (Å²) in [6.07, 6.45) is 4.91. The molecule has 0 radical (unpaired) electrons. The summed E-state index contributed by atoms with van der Waals surface area (Å²) in [5.41, 5.74) is 2.85. The molecule has 1 amide bonds. The number of halogens is 1. The molecule has 11 heteroatoms. The van der Waals surface area contributed by atoms with Crippen LogP contribution in [0, 0.1) is 17.8 Å². The first-order valence-electron chi connectivity index (χ1n) is 13.8. The van der Waals surface area contributed by atoms with Crippen LogP contribution in [0.5, 0.6) is 5.75 Å². The van der Waals surface area contributed by atoms with Gasteiger partial charge in [0.05, 0.1) is 11.6 Å². The summed E-state index contributed by atoms with van der Waals surface area (Å²) in [5.74, 6) is -6.01. The van der Waals surface area contributed by atoms with Crippen molar-refractivity contribution in [3.05, 3.63) is 50.4 Å². The first-order valence-corrected chi connectivity index (χ1v) is 14.2. The van der Waals surface area contributed by atoms with Gasteiger partial charge in [-0.2, -0.15) is 0 Å². The maximum absolute atomic E-state index is 13.8. The lowest BCUT2D eigenvalue weighted by atomic mass is 9.58. The number of nitrogens with zero attached hydrogens (tertiary/aromatic N) is 2. The van der Waals surface area contributed by atoms with Crippen LogP contribution in [0.15, 0.2) is 28.7 Å². The lowest BCUT2D eigenvalue weighted by molar-refractivity contribution is -0.148. The molecule has 0 bridgehead atoms. The van der Waals surface area contributed by atoms with Crippen LogP contribution in [0.1, 0.15) is 53.6 Å². The average Bonchev–Trinajstić information content (AvgIpc) is 3.78. The lowest BCUT2D eigenvalue weighted by Gasteiger charge is -2.50. The predicted molar refractivity (Wildman–Crippen MR) is 145 cm³/mol. The third kappa shape index (κ3) is 3.99. The Morgan fingerprint density at radius 3 is 2.40 bits per heavy atom. The van der Waals surface area contributed by atoms with E-state index < -0.39 is 58.0 Å². The summed E-state index contributed by atoms with van der Waals surface area (Å²) < 4.78 is 0. The zero-order valence-electron chi connectivity index (χ0n) is 22.5. The second-order valence-electron chi connectivity index (χ2n) is 12.3. The van der Waals surface area contributed by atoms with Crippen molar-refractivity contribution in [1.82, 2.24) is 9.80 Å². The Labute approximate surface area is 236 Å². The fourth-order valence-electron chi connectivity index (χ4n) is 7.10. The normalized spacial score (nSPS) is 30.1. The van der Waals surface area contributed by atoms with Gasteiger partial charge in [0.15, 0.2) is 11.4 Å². The fourth-order valence-corrected chi connectivity index (χ4v) is 7.39. The number of amides is 1. The minimum Gasteiger partial charge on any atom is -0.510 e. The highest BCUT2D eigenvalue weighted by molar-refractivity contribution is 6.33. The van der Waals surface area contributed by atoms with Gasteiger partial charge in [0.2, 0.25) is 5.78 Å². The van der Waals surface area contributed by atoms with Crippen LogP contribution in [-0.4, -0.2) is 86.0 Å². The van der Waals surface area contributed by atoms with E-state index in [1.165, 1.54) is 23.8 Å². The Bertz CT molecular complexity index is 1410. The number of aliphatic hydroxyl groups excluding tert-OH is 2. The number of fused-ring (bicyclic) bond motifs is 3. The van der Waals surface area contributed by atoms with Gasteiger partial charge >= 0.3 is 0 Å². The van der Waals surface area contributed by atoms with Crippen molar-refractivity contribution in [3.63, 3.8) is 0 Å². The first kappa shape index (κ1) is 27.3. The molecule has 2 saturated carbocycles. The molecule has 1 unspecified atom stereocenters. The molecule has 6 N–H and O–H groups in total. The van der Waals surface area contributed by atoms with Gasteiger partial charge in [-0.05, 0) is 81.6 Å². The lowest BCUT2D eigenvalue weighted by Crippen LogP contribution is -2.63. The van der Waals surface area contributed by atoms with Crippen molar-refractivity contribution < 1.29 is 34.8 Å². The van der Waals surface area contributed by atoms with E-state index in [0.717, 1.165) is 24.9 Å². The average molecular weight is 572 g/mol. The SMILES string of the molecule is CN(C)[C@@H]1C(O)=C(C(N)=O)C(=O)C2(O)C(O)=C3C(=O)c4c(O)cc(CN(CC5CC5)C5CC5)c(Cl)c4C[C@H]3C[C@@H]12. The Morgan fingerprint density at radius 1 is 1.15 bits per heavy atom. The monoisotopic (exact) mass is 571 g/mol. The zero-order valence-corrected chi connectivity index (χ0v) is 23.2. The molecule has 4 atom stereocenters. The highest BCUT2D eigenvalue weighted by atomic mass is 35.5. The Balaban J connectivity index is 1.43. The van der Waals surface area contributed by atoms with Gasteiger partial charge in [-0.1, -0.05) is 11.6 Å². The number of hydrogen-bond donors (Lipinski definition) is 5. The predicted octanol–water partition coefficient (Wildman–Crippen LogP) is 2.15. The van der Waals surface area contributed by atoms with Gasteiger partial charge in [0.1, 0.15) is 22.8 Å². The van der Waals surface area contributed by atoms with Crippen molar-refractivity contribution in [1.29, 1.82) is 0 Å². The van der Waals surface area contributed by atoms with E-state index in [4.69, 9.17) is 17.3 Å². The number of phenols is 1. The summed E-state index contributed by atoms with van der Waals surface area (Å²) >= 11 is 6.92. The van der Waals surface area contributed by atoms with Crippen LogP contribution in [0.4, 0.5) is 0 Å². The van der Waals surface area contributed by atoms with E-state index in [2.05, 4.69) is 4.90 Å². The van der Waals surface area contributed by atoms with E-state index >= 15 is 0 Å². The number of carbonyl (C=O) groups excluding carboxylic acids is 3. The molecule has 0 heterocycles. The topological polar surface area (TPSA) is 165 Å². The highest BCUT2D eigenvalue weighted by Gasteiger charge is 2.63. The van der Waals surface area contributed by atoms with E-state index in [1.54, 1.807) is 14.1 Å². The second-order valence-corrected chi connectivity index (χ2v) is 12.7. The molecule has 214 valence electrons. The largest absolute Gasteiger partial charge is 0.510 e.